The van der Waals surface area contributed by atoms with Crippen LogP contribution < -0.4 is 21.7 Å². The van der Waals surface area contributed by atoms with Crippen molar-refractivity contribution in [1.82, 2.24) is 25.8 Å². The summed E-state index contributed by atoms with van der Waals surface area (Å²) in [5.74, 6) is -2.36. The van der Waals surface area contributed by atoms with Crippen LogP contribution in [0, 0.1) is 57.2 Å². The topological polar surface area (TPSA) is 303 Å². The third-order valence-electron chi connectivity index (χ3n) is 15.6. The summed E-state index contributed by atoms with van der Waals surface area (Å²) in [6, 6.07) is -4.66. The molecule has 0 aromatic heterocycles. The van der Waals surface area contributed by atoms with Crippen molar-refractivity contribution >= 4 is 60.2 Å². The van der Waals surface area contributed by atoms with Crippen LogP contribution >= 0.6 is 12.4 Å². The van der Waals surface area contributed by atoms with E-state index in [2.05, 4.69) is 34.5 Å². The van der Waals surface area contributed by atoms with Gasteiger partial charge in [-0.25, -0.2) is 24.0 Å². The van der Waals surface area contributed by atoms with Crippen molar-refractivity contribution in [3.8, 4) is 0 Å². The Hall–Kier alpha value is -4.47. The molecule has 4 saturated carbocycles. The van der Waals surface area contributed by atoms with Crippen molar-refractivity contribution in [2.45, 2.75) is 216 Å². The SMILES string of the molecule is C.CC(C)(C)OC(=O)N[C@H](C(=O)N1C[C@H]2[C@@H]([C@H]1C(=O)O)C2(C)C)C(C)(C)C.COC(=O)C(O)C(CC1CC1)NC(=O)[C@@H]1[C@@H]2[C@H](CN1C(=O)[C@@H](NC(=O)OC(C)(C)C)C(C)(C)C)C2(C)C.COC(=O)C(O)C(N)CC1CC1.Cl. The number of rotatable bonds is 15. The highest BCUT2D eigenvalue weighted by Crippen LogP contribution is 2.66. The van der Waals surface area contributed by atoms with Gasteiger partial charge in [0.2, 0.25) is 17.7 Å². The molecule has 12 atom stereocenters. The summed E-state index contributed by atoms with van der Waals surface area (Å²) in [5, 5.41) is 37.8. The molecule has 5 amide bonds. The lowest BCUT2D eigenvalue weighted by atomic mass is 9.85. The highest BCUT2D eigenvalue weighted by atomic mass is 35.5. The van der Waals surface area contributed by atoms with Crippen LogP contribution in [0.1, 0.15) is 157 Å². The molecule has 21 nitrogen and oxygen atoms in total. The van der Waals surface area contributed by atoms with Crippen molar-refractivity contribution in [1.29, 1.82) is 0 Å². The second-order valence-electron chi connectivity index (χ2n) is 27.1. The van der Waals surface area contributed by atoms with Crippen LogP contribution in [-0.2, 0) is 47.7 Å². The number of nitrogens with two attached hydrogens (primary N) is 1. The number of aliphatic carboxylic acids is 1. The normalized spacial score (nSPS) is 25.8. The molecule has 77 heavy (non-hydrogen) atoms. The van der Waals surface area contributed by atoms with Gasteiger partial charge in [-0.15, -0.1) is 12.4 Å². The summed E-state index contributed by atoms with van der Waals surface area (Å²) in [6.45, 7) is 30.6. The summed E-state index contributed by atoms with van der Waals surface area (Å²) in [5.41, 5.74) is 2.76. The molecule has 2 heterocycles. The molecule has 0 radical (unpaired) electrons. The van der Waals surface area contributed by atoms with Crippen LogP contribution in [0.3, 0.4) is 0 Å². The van der Waals surface area contributed by atoms with Gasteiger partial charge in [-0.1, -0.05) is 102 Å². The second-order valence-corrected chi connectivity index (χ2v) is 27.1. The highest BCUT2D eigenvalue weighted by molar-refractivity contribution is 5.94. The average Bonchev–Trinajstić information content (AvgIpc) is 4.25. The van der Waals surface area contributed by atoms with E-state index in [0.29, 0.717) is 31.3 Å². The van der Waals surface area contributed by atoms with Gasteiger partial charge in [0.25, 0.3) is 0 Å². The fourth-order valence-electron chi connectivity index (χ4n) is 10.8. The number of alkyl carbamates (subject to hydrolysis) is 2. The Morgan fingerprint density at radius 2 is 0.948 bits per heavy atom. The van der Waals surface area contributed by atoms with Gasteiger partial charge in [0.05, 0.1) is 20.3 Å². The second kappa shape index (κ2) is 25.3. The minimum Gasteiger partial charge on any atom is -0.480 e. The lowest BCUT2D eigenvalue weighted by Crippen LogP contribution is -2.61. The summed E-state index contributed by atoms with van der Waals surface area (Å²) in [6.07, 6.45) is 1.46. The van der Waals surface area contributed by atoms with E-state index in [-0.39, 0.29) is 66.1 Å². The van der Waals surface area contributed by atoms with Crippen LogP contribution in [0.2, 0.25) is 0 Å². The van der Waals surface area contributed by atoms with Crippen molar-refractivity contribution in [3.63, 3.8) is 0 Å². The van der Waals surface area contributed by atoms with E-state index in [9.17, 15) is 53.7 Å². The number of methoxy groups -OCH3 is 2. The standard InChI is InChI=1S/C27H45N3O7.C19H32N2O5.C8H15NO3.CH4.ClH/c1-25(2,3)20(29-24(35)37-26(4,5)6)22(33)30-13-15-17(27(15,7)8)18(30)21(32)28-16(12-14-10-11-14)19(31)23(34)36-9;1-17(2,3)13(20-16(25)26-18(4,5)6)14(22)21-9-10-11(19(10,7)8)12(21)15(23)24;1-12-8(11)7(10)6(9)4-5-2-3-5;;/h14-20,31H,10-13H2,1-9H3,(H,28,32)(H,29,35);10-13H,9H2,1-8H3,(H,20,25)(H,23,24);5-7,10H,2-4,9H2,1H3;1H4;1H/t15-,16?,17-,18-,19?,20+;10-,11-,12-,13+;;;/m00.../s1. The molecular weight excluding hydrogens is 1020 g/mol. The van der Waals surface area contributed by atoms with Gasteiger partial charge in [0.15, 0.2) is 12.2 Å². The third kappa shape index (κ3) is 17.8. The Labute approximate surface area is 463 Å². The zero-order valence-corrected chi connectivity index (χ0v) is 49.2. The number of carboxylic acids is 1. The van der Waals surface area contributed by atoms with E-state index in [1.807, 2.05) is 55.4 Å². The van der Waals surface area contributed by atoms with Crippen LogP contribution in [0.15, 0.2) is 0 Å². The third-order valence-corrected chi connectivity index (χ3v) is 15.6. The van der Waals surface area contributed by atoms with E-state index in [4.69, 9.17) is 19.9 Å². The molecular formula is C55H97ClN6O15. The number of amides is 5. The van der Waals surface area contributed by atoms with Crippen molar-refractivity contribution in [2.75, 3.05) is 27.3 Å². The minimum absolute atomic E-state index is 0. The fraction of sp³-hybridized carbons (Fsp3) is 0.855. The molecule has 0 aromatic carbocycles. The molecule has 8 N–H and O–H groups in total. The van der Waals surface area contributed by atoms with Crippen molar-refractivity contribution in [2.24, 2.45) is 62.9 Å². The first-order valence-electron chi connectivity index (χ1n) is 26.5. The molecule has 4 aliphatic carbocycles. The van der Waals surface area contributed by atoms with E-state index in [0.717, 1.165) is 19.3 Å². The summed E-state index contributed by atoms with van der Waals surface area (Å²) >= 11 is 0. The lowest BCUT2D eigenvalue weighted by Gasteiger charge is -2.38. The number of aliphatic hydroxyl groups is 2. The number of piperidine rings is 2. The summed E-state index contributed by atoms with van der Waals surface area (Å²) in [7, 11) is 2.44. The number of carboxylic acid groups (broad SMARTS) is 1. The number of fused-ring (bicyclic) bond motifs is 2. The van der Waals surface area contributed by atoms with E-state index >= 15 is 0 Å². The molecule has 0 spiro atoms. The zero-order chi connectivity index (χ0) is 57.5. The summed E-state index contributed by atoms with van der Waals surface area (Å²) < 4.78 is 19.7. The van der Waals surface area contributed by atoms with Crippen LogP contribution in [-0.4, -0.2) is 160 Å². The molecule has 2 saturated heterocycles. The Balaban J connectivity index is 0.000000439. The molecule has 0 bridgehead atoms. The number of nitrogens with one attached hydrogen (secondary N) is 3. The van der Waals surface area contributed by atoms with Gasteiger partial charge in [0.1, 0.15) is 35.4 Å². The van der Waals surface area contributed by atoms with Gasteiger partial charge in [-0.2, -0.15) is 0 Å². The first-order chi connectivity index (χ1) is 34.1. The lowest BCUT2D eigenvalue weighted by molar-refractivity contribution is -0.153. The molecule has 22 heteroatoms. The van der Waals surface area contributed by atoms with Crippen molar-refractivity contribution < 1.29 is 72.6 Å². The Bertz CT molecular complexity index is 2120. The van der Waals surface area contributed by atoms with Gasteiger partial charge in [-0.05, 0) is 106 Å². The monoisotopic (exact) mass is 1120 g/mol. The van der Waals surface area contributed by atoms with Gasteiger partial charge in [-0.3, -0.25) is 14.4 Å². The predicted molar refractivity (Wildman–Crippen MR) is 290 cm³/mol. The maximum atomic E-state index is 13.9. The van der Waals surface area contributed by atoms with Gasteiger partial charge >= 0.3 is 30.1 Å². The number of carbonyl (C=O) groups excluding carboxylic acids is 7. The number of hydrogen-bond acceptors (Lipinski definition) is 15. The number of ether oxygens (including phenoxy) is 4. The van der Waals surface area contributed by atoms with Gasteiger partial charge in [0, 0.05) is 25.0 Å². The number of halogens is 1. The quantitative estimate of drug-likeness (QED) is 0.0795. The molecule has 444 valence electrons. The van der Waals surface area contributed by atoms with Crippen LogP contribution in [0.25, 0.3) is 0 Å². The van der Waals surface area contributed by atoms with Gasteiger partial charge < -0.3 is 65.8 Å². The van der Waals surface area contributed by atoms with Crippen LogP contribution in [0.5, 0.6) is 0 Å². The fourth-order valence-corrected chi connectivity index (χ4v) is 10.8. The molecule has 6 rings (SSSR count). The molecule has 6 fully saturated rings. The zero-order valence-electron chi connectivity index (χ0n) is 48.4. The van der Waals surface area contributed by atoms with E-state index in [1.54, 1.807) is 46.4 Å². The Morgan fingerprint density at radius 3 is 1.29 bits per heavy atom. The first kappa shape index (κ1) is 68.6. The molecule has 2 aliphatic heterocycles. The average molecular weight is 1120 g/mol. The number of likely N-dealkylation sites (tertiary alicyclic amines) is 2. The first-order valence-corrected chi connectivity index (χ1v) is 26.5. The van der Waals surface area contributed by atoms with E-state index < -0.39 is 106 Å². The molecule has 0 aromatic rings. The number of aliphatic hydroxyl groups excluding tert-OH is 2. The highest BCUT2D eigenvalue weighted by Gasteiger charge is 2.71. The number of carbonyl (C=O) groups is 8. The Kier molecular flexibility index (Phi) is 22.6. The maximum Gasteiger partial charge on any atom is 0.408 e. The molecule has 6 aliphatic rings. The number of hydrogen-bond donors (Lipinski definition) is 7. The van der Waals surface area contributed by atoms with Crippen molar-refractivity contribution in [3.05, 3.63) is 0 Å². The Morgan fingerprint density at radius 1 is 0.597 bits per heavy atom. The molecule has 4 unspecified atom stereocenters. The number of nitrogens with zero attached hydrogens (tertiary/aromatic N) is 2. The minimum atomic E-state index is -1.49. The number of esters is 2. The maximum absolute atomic E-state index is 13.9. The van der Waals surface area contributed by atoms with E-state index in [1.165, 1.54) is 32.0 Å². The van der Waals surface area contributed by atoms with Crippen LogP contribution in [0.4, 0.5) is 9.59 Å². The predicted octanol–water partition coefficient (Wildman–Crippen LogP) is 5.43. The largest absolute Gasteiger partial charge is 0.480 e. The smallest absolute Gasteiger partial charge is 0.408 e. The summed E-state index contributed by atoms with van der Waals surface area (Å²) in [4.78, 5) is 103.